The van der Waals surface area contributed by atoms with Crippen LogP contribution in [0.2, 0.25) is 0 Å². The second-order valence-electron chi connectivity index (χ2n) is 6.49. The number of halogens is 3. The number of aromatic nitrogens is 2. The van der Waals surface area contributed by atoms with Crippen molar-refractivity contribution in [1.82, 2.24) is 15.3 Å². The minimum atomic E-state index is -4.53. The van der Waals surface area contributed by atoms with E-state index >= 15 is 0 Å². The number of amides is 1. The molecule has 1 aliphatic rings. The van der Waals surface area contributed by atoms with E-state index in [0.717, 1.165) is 18.3 Å². The fourth-order valence-electron chi connectivity index (χ4n) is 2.98. The van der Waals surface area contributed by atoms with Crippen LogP contribution < -0.4 is 10.1 Å². The van der Waals surface area contributed by atoms with Crippen LogP contribution in [0.25, 0.3) is 0 Å². The first kappa shape index (κ1) is 19.6. The van der Waals surface area contributed by atoms with Crippen molar-refractivity contribution in [2.24, 2.45) is 0 Å². The summed E-state index contributed by atoms with van der Waals surface area (Å²) in [4.78, 5) is 19.6. The van der Waals surface area contributed by atoms with Gasteiger partial charge in [0.2, 0.25) is 5.88 Å². The lowest BCUT2D eigenvalue weighted by atomic mass is 9.92. The molecule has 3 rings (SSSR count). The molecule has 0 unspecified atom stereocenters. The third-order valence-corrected chi connectivity index (χ3v) is 4.48. The van der Waals surface area contributed by atoms with Gasteiger partial charge in [0.1, 0.15) is 17.9 Å². The number of pyridine rings is 2. The highest BCUT2D eigenvalue weighted by Crippen LogP contribution is 2.27. The van der Waals surface area contributed by atoms with Crippen LogP contribution in [0.15, 0.2) is 36.7 Å². The molecule has 146 valence electrons. The third-order valence-electron chi connectivity index (χ3n) is 4.48. The maximum Gasteiger partial charge on any atom is 0.433 e. The lowest BCUT2D eigenvalue weighted by Gasteiger charge is -2.29. The Kier molecular flexibility index (Phi) is 5.78. The number of alkyl halides is 3. The summed E-state index contributed by atoms with van der Waals surface area (Å²) < 4.78 is 43.4. The molecule has 1 N–H and O–H groups in total. The lowest BCUT2D eigenvalue weighted by Crippen LogP contribution is -2.39. The van der Waals surface area contributed by atoms with Crippen LogP contribution in [0.3, 0.4) is 0 Å². The van der Waals surface area contributed by atoms with Crippen LogP contribution in [0.4, 0.5) is 13.2 Å². The van der Waals surface area contributed by atoms with Crippen molar-refractivity contribution in [3.8, 4) is 11.9 Å². The van der Waals surface area contributed by atoms with E-state index in [1.807, 2.05) is 6.07 Å². The molecule has 0 radical (unpaired) electrons. The molecule has 28 heavy (non-hydrogen) atoms. The van der Waals surface area contributed by atoms with Crippen molar-refractivity contribution < 1.29 is 22.7 Å². The minimum absolute atomic E-state index is 0.0404. The summed E-state index contributed by atoms with van der Waals surface area (Å²) in [6.45, 7) is 0. The average Bonchev–Trinajstić information content (AvgIpc) is 2.69. The molecule has 0 saturated heterocycles. The molecule has 1 aliphatic carbocycles. The molecule has 2 heterocycles. The number of nitriles is 1. The Morgan fingerprint density at radius 2 is 1.86 bits per heavy atom. The van der Waals surface area contributed by atoms with Crippen molar-refractivity contribution in [3.63, 3.8) is 0 Å². The molecule has 6 nitrogen and oxygen atoms in total. The van der Waals surface area contributed by atoms with Gasteiger partial charge in [-0.05, 0) is 43.9 Å². The Balaban J connectivity index is 1.48. The summed E-state index contributed by atoms with van der Waals surface area (Å²) in [5.74, 6) is 0.00154. The Morgan fingerprint density at radius 1 is 1.11 bits per heavy atom. The average molecular weight is 390 g/mol. The fourth-order valence-corrected chi connectivity index (χ4v) is 2.98. The first-order valence-corrected chi connectivity index (χ1v) is 8.72. The van der Waals surface area contributed by atoms with E-state index in [1.54, 1.807) is 12.1 Å². The number of rotatable bonds is 4. The highest BCUT2D eigenvalue weighted by molar-refractivity contribution is 5.94. The Bertz CT molecular complexity index is 853. The number of nitrogens with zero attached hydrogens (tertiary/aromatic N) is 3. The molecule has 0 spiro atoms. The Morgan fingerprint density at radius 3 is 2.39 bits per heavy atom. The van der Waals surface area contributed by atoms with Crippen LogP contribution >= 0.6 is 0 Å². The van der Waals surface area contributed by atoms with Crippen LogP contribution in [-0.4, -0.2) is 28.0 Å². The summed E-state index contributed by atoms with van der Waals surface area (Å²) >= 11 is 0. The standard InChI is InChI=1S/C19H17F3N4O2/c20-19(21,22)16-7-2-13(11-24-16)18(27)26-14-3-5-15(6-4-14)28-17-8-1-12(9-23)10-25-17/h1-2,7-8,10-11,14-15H,3-6H2,(H,26,27). The summed E-state index contributed by atoms with van der Waals surface area (Å²) in [6, 6.07) is 7.10. The number of hydrogen-bond acceptors (Lipinski definition) is 5. The van der Waals surface area contributed by atoms with Crippen molar-refractivity contribution in [3.05, 3.63) is 53.5 Å². The Labute approximate surface area is 159 Å². The molecule has 2 aromatic rings. The highest BCUT2D eigenvalue weighted by atomic mass is 19.4. The van der Waals surface area contributed by atoms with E-state index in [2.05, 4.69) is 15.3 Å². The summed E-state index contributed by atoms with van der Waals surface area (Å²) in [7, 11) is 0. The molecule has 9 heteroatoms. The van der Waals surface area contributed by atoms with E-state index in [1.165, 1.54) is 6.20 Å². The van der Waals surface area contributed by atoms with Gasteiger partial charge in [0.05, 0.1) is 11.1 Å². The third kappa shape index (κ3) is 4.97. The van der Waals surface area contributed by atoms with Gasteiger partial charge in [0.25, 0.3) is 5.91 Å². The second-order valence-corrected chi connectivity index (χ2v) is 6.49. The largest absolute Gasteiger partial charge is 0.474 e. The zero-order valence-electron chi connectivity index (χ0n) is 14.7. The first-order valence-electron chi connectivity index (χ1n) is 8.72. The monoisotopic (exact) mass is 390 g/mol. The number of nitrogens with one attached hydrogen (secondary N) is 1. The summed E-state index contributed by atoms with van der Waals surface area (Å²) in [5, 5.41) is 11.6. The quantitative estimate of drug-likeness (QED) is 0.864. The zero-order valence-corrected chi connectivity index (χ0v) is 14.7. The van der Waals surface area contributed by atoms with Crippen molar-refractivity contribution in [1.29, 1.82) is 5.26 Å². The van der Waals surface area contributed by atoms with Crippen molar-refractivity contribution >= 4 is 5.91 Å². The van der Waals surface area contributed by atoms with Gasteiger partial charge in [0.15, 0.2) is 0 Å². The molecule has 0 aliphatic heterocycles. The molecule has 0 atom stereocenters. The normalized spacial score (nSPS) is 19.5. The van der Waals surface area contributed by atoms with Gasteiger partial charge < -0.3 is 10.1 Å². The van der Waals surface area contributed by atoms with Gasteiger partial charge in [-0.1, -0.05) is 0 Å². The van der Waals surface area contributed by atoms with Gasteiger partial charge in [-0.25, -0.2) is 4.98 Å². The molecule has 0 aromatic carbocycles. The molecule has 1 saturated carbocycles. The second kappa shape index (κ2) is 8.25. The summed E-state index contributed by atoms with van der Waals surface area (Å²) in [5.41, 5.74) is -0.484. The predicted octanol–water partition coefficient (Wildman–Crippen LogP) is 3.49. The van der Waals surface area contributed by atoms with Crippen LogP contribution in [0.5, 0.6) is 5.88 Å². The van der Waals surface area contributed by atoms with Crippen molar-refractivity contribution in [2.75, 3.05) is 0 Å². The van der Waals surface area contributed by atoms with Crippen molar-refractivity contribution in [2.45, 2.75) is 44.0 Å². The molecule has 1 fully saturated rings. The smallest absolute Gasteiger partial charge is 0.433 e. The van der Waals surface area contributed by atoms with Gasteiger partial charge >= 0.3 is 6.18 Å². The van der Waals surface area contributed by atoms with Gasteiger partial charge in [-0.2, -0.15) is 18.4 Å². The molecule has 0 bridgehead atoms. The van der Waals surface area contributed by atoms with Gasteiger partial charge in [-0.15, -0.1) is 0 Å². The van der Waals surface area contributed by atoms with Crippen LogP contribution in [0.1, 0.15) is 47.3 Å². The molecule has 2 aromatic heterocycles. The molecule has 1 amide bonds. The number of hydrogen-bond donors (Lipinski definition) is 1. The Hall–Kier alpha value is -3.15. The predicted molar refractivity (Wildman–Crippen MR) is 92.3 cm³/mol. The molecular weight excluding hydrogens is 373 g/mol. The molecular formula is C19H17F3N4O2. The lowest BCUT2D eigenvalue weighted by molar-refractivity contribution is -0.141. The highest BCUT2D eigenvalue weighted by Gasteiger charge is 2.32. The van der Waals surface area contributed by atoms with Gasteiger partial charge in [-0.3, -0.25) is 9.78 Å². The minimum Gasteiger partial charge on any atom is -0.474 e. The van der Waals surface area contributed by atoms with E-state index in [-0.39, 0.29) is 17.7 Å². The van der Waals surface area contributed by atoms with E-state index < -0.39 is 17.8 Å². The van der Waals surface area contributed by atoms with E-state index in [4.69, 9.17) is 10.00 Å². The number of carbonyl (C=O) groups excluding carboxylic acids is 1. The fraction of sp³-hybridized carbons (Fsp3) is 0.368. The van der Waals surface area contributed by atoms with Gasteiger partial charge in [0, 0.05) is 24.5 Å². The topological polar surface area (TPSA) is 87.9 Å². The SMILES string of the molecule is N#Cc1ccc(OC2CCC(NC(=O)c3ccc(C(F)(F)F)nc3)CC2)nc1. The maximum atomic E-state index is 12.5. The van der Waals surface area contributed by atoms with E-state index in [9.17, 15) is 18.0 Å². The zero-order chi connectivity index (χ0) is 20.1. The maximum absolute atomic E-state index is 12.5. The number of ether oxygens (including phenoxy) is 1. The van der Waals surface area contributed by atoms with E-state index in [0.29, 0.717) is 37.1 Å². The number of carbonyl (C=O) groups is 1. The summed E-state index contributed by atoms with van der Waals surface area (Å²) in [6.07, 6.45) is 0.582. The van der Waals surface area contributed by atoms with Crippen LogP contribution in [0, 0.1) is 11.3 Å². The van der Waals surface area contributed by atoms with Crippen LogP contribution in [-0.2, 0) is 6.18 Å². The first-order chi connectivity index (χ1) is 13.3.